The fourth-order valence-electron chi connectivity index (χ4n) is 4.06. The summed E-state index contributed by atoms with van der Waals surface area (Å²) in [6, 6.07) is 11.5. The number of nitrogens with one attached hydrogen (secondary N) is 1. The molecule has 1 N–H and O–H groups in total. The van der Waals surface area contributed by atoms with E-state index in [1.807, 2.05) is 25.1 Å². The lowest BCUT2D eigenvalue weighted by Gasteiger charge is -2.31. The van der Waals surface area contributed by atoms with Crippen molar-refractivity contribution in [3.8, 4) is 22.9 Å². The molecule has 1 aromatic carbocycles. The molecule has 0 radical (unpaired) electrons. The van der Waals surface area contributed by atoms with Crippen LogP contribution in [0.4, 0.5) is 0 Å². The van der Waals surface area contributed by atoms with E-state index in [-0.39, 0.29) is 11.5 Å². The maximum atomic E-state index is 12.2. The van der Waals surface area contributed by atoms with Gasteiger partial charge in [0.05, 0.1) is 19.4 Å². The van der Waals surface area contributed by atoms with Gasteiger partial charge < -0.3 is 14.5 Å². The summed E-state index contributed by atoms with van der Waals surface area (Å²) in [4.78, 5) is 26.3. The third kappa shape index (κ3) is 5.11. The summed E-state index contributed by atoms with van der Waals surface area (Å²) in [6.45, 7) is 5.35. The highest BCUT2D eigenvalue weighted by molar-refractivity contribution is 5.52. The molecule has 3 aromatic rings. The van der Waals surface area contributed by atoms with Gasteiger partial charge in [0.25, 0.3) is 5.56 Å². The molecular formula is C24H28N4O3. The van der Waals surface area contributed by atoms with Crippen molar-refractivity contribution in [2.24, 2.45) is 0 Å². The SMILES string of the molecule is CCOc1ccc(CN2CCC(c3cc(=O)[nH]c(-c4cccnc4)n3)CC2)cc1OC. The Labute approximate surface area is 182 Å². The Morgan fingerprint density at radius 1 is 1.16 bits per heavy atom. The highest BCUT2D eigenvalue weighted by Gasteiger charge is 2.23. The number of hydrogen-bond donors (Lipinski definition) is 1. The molecule has 0 atom stereocenters. The number of aromatic amines is 1. The van der Waals surface area contributed by atoms with Crippen molar-refractivity contribution in [1.29, 1.82) is 0 Å². The van der Waals surface area contributed by atoms with Gasteiger partial charge in [0, 0.05) is 36.5 Å². The summed E-state index contributed by atoms with van der Waals surface area (Å²) in [5.41, 5.74) is 2.77. The molecule has 0 aliphatic carbocycles. The minimum absolute atomic E-state index is 0.118. The average Bonchev–Trinajstić information content (AvgIpc) is 2.81. The second kappa shape index (κ2) is 9.75. The van der Waals surface area contributed by atoms with Crippen LogP contribution >= 0.6 is 0 Å². The van der Waals surface area contributed by atoms with Gasteiger partial charge in [0.15, 0.2) is 11.5 Å². The van der Waals surface area contributed by atoms with Crippen LogP contribution in [0.25, 0.3) is 11.4 Å². The third-order valence-electron chi connectivity index (χ3n) is 5.64. The van der Waals surface area contributed by atoms with Crippen LogP contribution in [-0.4, -0.2) is 46.7 Å². The van der Waals surface area contributed by atoms with Gasteiger partial charge in [-0.05, 0) is 62.7 Å². The summed E-state index contributed by atoms with van der Waals surface area (Å²) in [7, 11) is 1.67. The van der Waals surface area contributed by atoms with E-state index in [0.29, 0.717) is 12.4 Å². The number of rotatable bonds is 7. The molecule has 2 aromatic heterocycles. The van der Waals surface area contributed by atoms with Crippen LogP contribution in [0, 0.1) is 0 Å². The van der Waals surface area contributed by atoms with Gasteiger partial charge in [-0.25, -0.2) is 4.98 Å². The Bertz CT molecular complexity index is 1060. The Kier molecular flexibility index (Phi) is 6.62. The molecule has 1 fully saturated rings. The minimum atomic E-state index is -0.118. The molecule has 0 amide bonds. The van der Waals surface area contributed by atoms with Gasteiger partial charge in [-0.2, -0.15) is 0 Å². The van der Waals surface area contributed by atoms with Crippen LogP contribution in [0.5, 0.6) is 11.5 Å². The zero-order chi connectivity index (χ0) is 21.6. The molecule has 0 saturated carbocycles. The van der Waals surface area contributed by atoms with Gasteiger partial charge in [-0.1, -0.05) is 6.07 Å². The lowest BCUT2D eigenvalue weighted by molar-refractivity contribution is 0.203. The maximum absolute atomic E-state index is 12.2. The average molecular weight is 421 g/mol. The summed E-state index contributed by atoms with van der Waals surface area (Å²) >= 11 is 0. The van der Waals surface area contributed by atoms with Crippen molar-refractivity contribution in [3.63, 3.8) is 0 Å². The molecule has 3 heterocycles. The van der Waals surface area contributed by atoms with Gasteiger partial charge >= 0.3 is 0 Å². The third-order valence-corrected chi connectivity index (χ3v) is 5.64. The topological polar surface area (TPSA) is 80.3 Å². The fourth-order valence-corrected chi connectivity index (χ4v) is 4.06. The number of benzene rings is 1. The quantitative estimate of drug-likeness (QED) is 0.629. The first-order chi connectivity index (χ1) is 15.2. The Morgan fingerprint density at radius 3 is 2.71 bits per heavy atom. The normalized spacial score (nSPS) is 15.0. The largest absolute Gasteiger partial charge is 0.493 e. The van der Waals surface area contributed by atoms with Crippen LogP contribution in [0.15, 0.2) is 53.6 Å². The van der Waals surface area contributed by atoms with Crippen LogP contribution in [0.3, 0.4) is 0 Å². The molecule has 0 spiro atoms. The monoisotopic (exact) mass is 420 g/mol. The predicted molar refractivity (Wildman–Crippen MR) is 120 cm³/mol. The summed E-state index contributed by atoms with van der Waals surface area (Å²) in [6.07, 6.45) is 5.37. The lowest BCUT2D eigenvalue weighted by Crippen LogP contribution is -2.33. The zero-order valence-corrected chi connectivity index (χ0v) is 18.0. The van der Waals surface area contributed by atoms with E-state index >= 15 is 0 Å². The van der Waals surface area contributed by atoms with E-state index in [4.69, 9.17) is 14.5 Å². The molecule has 1 aliphatic rings. The molecule has 1 aliphatic heterocycles. The molecular weight excluding hydrogens is 392 g/mol. The van der Waals surface area contributed by atoms with Gasteiger partial charge in [-0.3, -0.25) is 14.7 Å². The minimum Gasteiger partial charge on any atom is -0.493 e. The maximum Gasteiger partial charge on any atom is 0.251 e. The lowest BCUT2D eigenvalue weighted by atomic mass is 9.93. The number of methoxy groups -OCH3 is 1. The zero-order valence-electron chi connectivity index (χ0n) is 18.0. The van der Waals surface area contributed by atoms with Crippen molar-refractivity contribution in [2.45, 2.75) is 32.2 Å². The summed E-state index contributed by atoms with van der Waals surface area (Å²) in [5.74, 6) is 2.41. The van der Waals surface area contributed by atoms with Crippen molar-refractivity contribution in [1.82, 2.24) is 19.9 Å². The van der Waals surface area contributed by atoms with Crippen molar-refractivity contribution >= 4 is 0 Å². The van der Waals surface area contributed by atoms with Gasteiger partial charge in [-0.15, -0.1) is 0 Å². The predicted octanol–water partition coefficient (Wildman–Crippen LogP) is 3.62. The summed E-state index contributed by atoms with van der Waals surface area (Å²) < 4.78 is 11.1. The van der Waals surface area contributed by atoms with Crippen molar-refractivity contribution in [2.75, 3.05) is 26.8 Å². The Hall–Kier alpha value is -3.19. The molecule has 4 rings (SSSR count). The Morgan fingerprint density at radius 2 is 2.00 bits per heavy atom. The first-order valence-corrected chi connectivity index (χ1v) is 10.7. The van der Waals surface area contributed by atoms with Gasteiger partial charge in [0.1, 0.15) is 5.82 Å². The summed E-state index contributed by atoms with van der Waals surface area (Å²) in [5, 5.41) is 0. The smallest absolute Gasteiger partial charge is 0.251 e. The number of H-pyrrole nitrogens is 1. The van der Waals surface area contributed by atoms with E-state index in [9.17, 15) is 4.79 Å². The number of pyridine rings is 1. The number of ether oxygens (including phenoxy) is 2. The van der Waals surface area contributed by atoms with E-state index in [2.05, 4.69) is 27.0 Å². The molecule has 1 saturated heterocycles. The number of nitrogens with zero attached hydrogens (tertiary/aromatic N) is 3. The van der Waals surface area contributed by atoms with Crippen LogP contribution < -0.4 is 15.0 Å². The molecule has 0 unspecified atom stereocenters. The van der Waals surface area contributed by atoms with E-state index in [0.717, 1.165) is 55.2 Å². The van der Waals surface area contributed by atoms with Gasteiger partial charge in [0.2, 0.25) is 0 Å². The first kappa shape index (κ1) is 21.1. The molecule has 7 heteroatoms. The first-order valence-electron chi connectivity index (χ1n) is 10.7. The Balaban J connectivity index is 1.41. The molecule has 31 heavy (non-hydrogen) atoms. The second-order valence-electron chi connectivity index (χ2n) is 7.73. The van der Waals surface area contributed by atoms with Crippen LogP contribution in [0.1, 0.15) is 36.9 Å². The molecule has 7 nitrogen and oxygen atoms in total. The number of piperidine rings is 1. The number of aromatic nitrogens is 3. The number of likely N-dealkylation sites (tertiary alicyclic amines) is 1. The standard InChI is InChI=1S/C24H28N4O3/c1-3-31-21-7-6-17(13-22(21)30-2)16-28-11-8-18(9-12-28)20-14-23(29)27-24(26-20)19-5-4-10-25-15-19/h4-7,10,13-15,18H,3,8-9,11-12,16H2,1-2H3,(H,26,27,29). The highest BCUT2D eigenvalue weighted by Crippen LogP contribution is 2.31. The van der Waals surface area contributed by atoms with E-state index < -0.39 is 0 Å². The van der Waals surface area contributed by atoms with Crippen molar-refractivity contribution in [3.05, 3.63) is 70.4 Å². The van der Waals surface area contributed by atoms with Crippen LogP contribution in [0.2, 0.25) is 0 Å². The van der Waals surface area contributed by atoms with Crippen molar-refractivity contribution < 1.29 is 9.47 Å². The van der Waals surface area contributed by atoms with E-state index in [1.165, 1.54) is 5.56 Å². The molecule has 162 valence electrons. The molecule has 0 bridgehead atoms. The number of hydrogen-bond acceptors (Lipinski definition) is 6. The van der Waals surface area contributed by atoms with Crippen LogP contribution in [-0.2, 0) is 6.54 Å². The highest BCUT2D eigenvalue weighted by atomic mass is 16.5. The second-order valence-corrected chi connectivity index (χ2v) is 7.73. The van der Waals surface area contributed by atoms with E-state index in [1.54, 1.807) is 25.6 Å². The fraction of sp³-hybridized carbons (Fsp3) is 0.375.